The minimum absolute atomic E-state index is 0.0771. The second kappa shape index (κ2) is 8.96. The van der Waals surface area contributed by atoms with E-state index in [1.807, 2.05) is 13.8 Å². The summed E-state index contributed by atoms with van der Waals surface area (Å²) < 4.78 is 54.7. The Bertz CT molecular complexity index is 1590. The minimum Gasteiger partial charge on any atom is -0.199 e. The molecule has 0 amide bonds. The van der Waals surface area contributed by atoms with Gasteiger partial charge in [0.15, 0.2) is 6.21 Å². The number of para-hydroxylation sites is 1. The molecule has 34 heavy (non-hydrogen) atoms. The highest BCUT2D eigenvalue weighted by Gasteiger charge is 2.32. The van der Waals surface area contributed by atoms with Crippen LogP contribution in [0.4, 0.5) is 5.69 Å². The molecule has 4 rings (SSSR count). The maximum absolute atomic E-state index is 13.4. The predicted molar refractivity (Wildman–Crippen MR) is 129 cm³/mol. The summed E-state index contributed by atoms with van der Waals surface area (Å²) in [6, 6.07) is 19.7. The van der Waals surface area contributed by atoms with E-state index in [9.17, 15) is 16.8 Å². The molecule has 1 heterocycles. The molecule has 174 valence electrons. The summed E-state index contributed by atoms with van der Waals surface area (Å²) >= 11 is 0. The van der Waals surface area contributed by atoms with E-state index in [0.717, 1.165) is 19.2 Å². The molecule has 1 aromatic heterocycles. The number of hydrogen-bond donors (Lipinski definition) is 0. The Hall–Kier alpha value is -3.63. The Morgan fingerprint density at radius 1 is 0.794 bits per heavy atom. The first-order valence-electron chi connectivity index (χ1n) is 10.4. The van der Waals surface area contributed by atoms with E-state index < -0.39 is 20.0 Å². The van der Waals surface area contributed by atoms with Crippen molar-refractivity contribution in [3.8, 4) is 11.3 Å². The Kier molecular flexibility index (Phi) is 6.20. The molecule has 0 aliphatic carbocycles. The summed E-state index contributed by atoms with van der Waals surface area (Å²) in [5, 5.41) is 7.86. The predicted octanol–water partition coefficient (Wildman–Crippen LogP) is 3.92. The lowest BCUT2D eigenvalue weighted by Crippen LogP contribution is -2.18. The molecule has 0 fully saturated rings. The molecule has 8 nitrogen and oxygen atoms in total. The minimum atomic E-state index is -3.95. The maximum Gasteiger partial charge on any atom is 0.400 e. The number of aromatic nitrogens is 3. The highest BCUT2D eigenvalue weighted by atomic mass is 32.2. The lowest BCUT2D eigenvalue weighted by atomic mass is 10.1. The van der Waals surface area contributed by atoms with Gasteiger partial charge in [0, 0.05) is 13.0 Å². The van der Waals surface area contributed by atoms with E-state index in [-0.39, 0.29) is 15.5 Å². The maximum atomic E-state index is 13.4. The lowest BCUT2D eigenvalue weighted by molar-refractivity contribution is -0.254. The van der Waals surface area contributed by atoms with E-state index in [1.54, 1.807) is 67.6 Å². The van der Waals surface area contributed by atoms with Crippen LogP contribution in [0.3, 0.4) is 0 Å². The highest BCUT2D eigenvalue weighted by molar-refractivity contribution is 7.89. The Morgan fingerprint density at radius 2 is 1.35 bits per heavy atom. The average molecular weight is 496 g/mol. The number of benzene rings is 3. The van der Waals surface area contributed by atoms with E-state index in [1.165, 1.54) is 24.5 Å². The monoisotopic (exact) mass is 495 g/mol. The summed E-state index contributed by atoms with van der Waals surface area (Å²) in [7, 11) is -7.87. The topological polar surface area (TPSA) is 102 Å². The van der Waals surface area contributed by atoms with Gasteiger partial charge in [0.2, 0.25) is 5.69 Å². The van der Waals surface area contributed by atoms with Crippen molar-refractivity contribution in [2.75, 3.05) is 0 Å². The zero-order valence-corrected chi connectivity index (χ0v) is 20.5. The second-order valence-electron chi connectivity index (χ2n) is 7.68. The van der Waals surface area contributed by atoms with Gasteiger partial charge in [-0.15, -0.1) is 9.19 Å². The third-order valence-corrected chi connectivity index (χ3v) is 8.60. The van der Waals surface area contributed by atoms with Crippen LogP contribution in [0.2, 0.25) is 0 Å². The van der Waals surface area contributed by atoms with Crippen LogP contribution < -0.4 is 0 Å². The molecule has 3 aromatic carbocycles. The average Bonchev–Trinajstić information content (AvgIpc) is 3.31. The molecule has 0 N–H and O–H groups in total. The lowest BCUT2D eigenvalue weighted by Gasteiger charge is -2.07. The summed E-state index contributed by atoms with van der Waals surface area (Å²) in [6.07, 6.45) is 2.72. The standard InChI is InChI=1S/C24H23N4O4S2/c1-4-27(33(29,30)20-13-9-18(2)10-14-20)24-8-6-5-7-22(24)23-17-28(26-25-23)34(31,32)21-15-11-19(3)12-16-21/h4-17H,1-3H3/q+1/b27-4-. The molecular weight excluding hydrogens is 472 g/mol. The second-order valence-corrected chi connectivity index (χ2v) is 11.3. The molecule has 0 atom stereocenters. The van der Waals surface area contributed by atoms with Crippen LogP contribution in [-0.4, -0.2) is 41.4 Å². The quantitative estimate of drug-likeness (QED) is 0.297. The van der Waals surface area contributed by atoms with Gasteiger partial charge in [-0.2, -0.15) is 16.8 Å². The van der Waals surface area contributed by atoms with Gasteiger partial charge in [-0.05, 0) is 44.2 Å². The molecule has 0 saturated heterocycles. The van der Waals surface area contributed by atoms with Crippen molar-refractivity contribution >= 4 is 31.9 Å². The summed E-state index contributed by atoms with van der Waals surface area (Å²) in [5.74, 6) is 0. The number of aryl methyl sites for hydroxylation is 2. The molecule has 4 aromatic rings. The normalized spacial score (nSPS) is 12.6. The van der Waals surface area contributed by atoms with E-state index in [0.29, 0.717) is 11.3 Å². The molecule has 0 radical (unpaired) electrons. The Balaban J connectivity index is 1.79. The van der Waals surface area contributed by atoms with Gasteiger partial charge in [0.25, 0.3) is 10.0 Å². The van der Waals surface area contributed by atoms with Crippen LogP contribution in [0.15, 0.2) is 88.8 Å². The molecular formula is C24H23N4O4S2+. The van der Waals surface area contributed by atoms with Gasteiger partial charge in [0.05, 0.1) is 16.7 Å². The van der Waals surface area contributed by atoms with Crippen molar-refractivity contribution in [1.82, 2.24) is 14.4 Å². The number of hydrogen-bond acceptors (Lipinski definition) is 6. The smallest absolute Gasteiger partial charge is 0.199 e. The first kappa shape index (κ1) is 23.5. The fourth-order valence-electron chi connectivity index (χ4n) is 3.42. The van der Waals surface area contributed by atoms with Crippen LogP contribution in [-0.2, 0) is 20.0 Å². The van der Waals surface area contributed by atoms with Crippen molar-refractivity contribution in [2.24, 2.45) is 0 Å². The number of sulfonamides is 1. The van der Waals surface area contributed by atoms with Crippen LogP contribution in [0.25, 0.3) is 11.3 Å². The van der Waals surface area contributed by atoms with Crippen molar-refractivity contribution in [2.45, 2.75) is 30.6 Å². The van der Waals surface area contributed by atoms with E-state index in [2.05, 4.69) is 10.3 Å². The molecule has 0 bridgehead atoms. The molecule has 0 saturated carbocycles. The van der Waals surface area contributed by atoms with Crippen LogP contribution >= 0.6 is 0 Å². The zero-order valence-electron chi connectivity index (χ0n) is 18.8. The third kappa shape index (κ3) is 4.29. The van der Waals surface area contributed by atoms with Gasteiger partial charge >= 0.3 is 10.0 Å². The molecule has 0 aliphatic rings. The largest absolute Gasteiger partial charge is 0.400 e. The van der Waals surface area contributed by atoms with Gasteiger partial charge in [-0.25, -0.2) is 0 Å². The Labute approximate surface area is 198 Å². The van der Waals surface area contributed by atoms with E-state index in [4.69, 9.17) is 0 Å². The van der Waals surface area contributed by atoms with Crippen molar-refractivity contribution < 1.29 is 20.8 Å². The number of rotatable bonds is 6. The van der Waals surface area contributed by atoms with Gasteiger partial charge in [-0.1, -0.05) is 56.7 Å². The van der Waals surface area contributed by atoms with Gasteiger partial charge in [-0.3, -0.25) is 0 Å². The molecule has 0 unspecified atom stereocenters. The molecule has 0 aliphatic heterocycles. The fraction of sp³-hybridized carbons (Fsp3) is 0.125. The Morgan fingerprint density at radius 3 is 1.94 bits per heavy atom. The summed E-state index contributed by atoms with van der Waals surface area (Å²) in [4.78, 5) is 0.213. The van der Waals surface area contributed by atoms with Crippen LogP contribution in [0, 0.1) is 13.8 Å². The van der Waals surface area contributed by atoms with Crippen LogP contribution in [0.5, 0.6) is 0 Å². The summed E-state index contributed by atoms with van der Waals surface area (Å²) in [6.45, 7) is 5.35. The van der Waals surface area contributed by atoms with Crippen LogP contribution in [0.1, 0.15) is 18.1 Å². The SMILES string of the molecule is C/C=[N+](/c1ccccc1-c1cn(S(=O)(=O)c2ccc(C)cc2)nn1)S(=O)(=O)c1ccc(C)cc1. The fourth-order valence-corrected chi connectivity index (χ4v) is 5.89. The molecule has 0 spiro atoms. The summed E-state index contributed by atoms with van der Waals surface area (Å²) in [5.41, 5.74) is 2.83. The number of nitrogens with zero attached hydrogens (tertiary/aromatic N) is 4. The zero-order chi connectivity index (χ0) is 24.5. The van der Waals surface area contributed by atoms with E-state index >= 15 is 0 Å². The highest BCUT2D eigenvalue weighted by Crippen LogP contribution is 2.32. The first-order chi connectivity index (χ1) is 16.1. The van der Waals surface area contributed by atoms with Crippen molar-refractivity contribution in [1.29, 1.82) is 0 Å². The third-order valence-electron chi connectivity index (χ3n) is 5.27. The van der Waals surface area contributed by atoms with Gasteiger partial charge in [0.1, 0.15) is 10.6 Å². The van der Waals surface area contributed by atoms with Crippen molar-refractivity contribution in [3.63, 3.8) is 0 Å². The molecule has 10 heteroatoms. The van der Waals surface area contributed by atoms with Crippen molar-refractivity contribution in [3.05, 3.63) is 90.1 Å². The van der Waals surface area contributed by atoms with Gasteiger partial charge < -0.3 is 0 Å². The first-order valence-corrected chi connectivity index (χ1v) is 13.3.